The van der Waals surface area contributed by atoms with Crippen molar-refractivity contribution in [3.05, 3.63) is 168 Å². The van der Waals surface area contributed by atoms with Crippen LogP contribution in [0.25, 0.3) is 11.1 Å². The number of fused-ring (bicyclic) bond motifs is 3. The van der Waals surface area contributed by atoms with Crippen molar-refractivity contribution in [2.24, 2.45) is 0 Å². The number of carbonyl (C=O) groups is 2. The van der Waals surface area contributed by atoms with E-state index in [-0.39, 0.29) is 0 Å². The average molecular weight is 557 g/mol. The number of rotatable bonds is 8. The molecular weight excluding hydrogens is 528 g/mol. The van der Waals surface area contributed by atoms with Crippen molar-refractivity contribution < 1.29 is 9.59 Å². The highest BCUT2D eigenvalue weighted by molar-refractivity contribution is 5.87. The summed E-state index contributed by atoms with van der Waals surface area (Å²) in [5.41, 5.74) is 12.6. The lowest BCUT2D eigenvalue weighted by atomic mass is 10.0. The van der Waals surface area contributed by atoms with E-state index in [1.165, 1.54) is 22.3 Å². The fraction of sp³-hybridized carbons (Fsp3) is 0.0256. The molecule has 0 saturated carbocycles. The van der Waals surface area contributed by atoms with Gasteiger partial charge in [-0.25, -0.2) is 0 Å². The molecule has 1 aliphatic rings. The molecule has 1 aliphatic carbocycles. The molecule has 6 aromatic carbocycles. The molecule has 0 fully saturated rings. The Labute approximate surface area is 251 Å². The van der Waals surface area contributed by atoms with E-state index in [9.17, 15) is 9.59 Å². The number of nitrogens with zero attached hydrogens (tertiary/aromatic N) is 2. The maximum atomic E-state index is 11.3. The fourth-order valence-electron chi connectivity index (χ4n) is 5.91. The number of hydrogen-bond acceptors (Lipinski definition) is 4. The highest BCUT2D eigenvalue weighted by Gasteiger charge is 2.23. The zero-order valence-corrected chi connectivity index (χ0v) is 23.4. The molecule has 0 amide bonds. The third kappa shape index (κ3) is 5.00. The van der Waals surface area contributed by atoms with E-state index in [0.717, 1.165) is 53.1 Å². The Morgan fingerprint density at radius 3 is 1.12 bits per heavy atom. The van der Waals surface area contributed by atoms with Gasteiger partial charge in [0.15, 0.2) is 0 Å². The van der Waals surface area contributed by atoms with Crippen molar-refractivity contribution >= 4 is 46.7 Å². The molecule has 0 atom stereocenters. The molecule has 43 heavy (non-hydrogen) atoms. The normalized spacial score (nSPS) is 11.3. The Morgan fingerprint density at radius 2 is 0.744 bits per heavy atom. The maximum Gasteiger partial charge on any atom is 0.150 e. The van der Waals surface area contributed by atoms with Crippen LogP contribution in [0.1, 0.15) is 31.8 Å². The molecule has 6 aromatic rings. The number of para-hydroxylation sites is 2. The Kier molecular flexibility index (Phi) is 6.86. The van der Waals surface area contributed by atoms with E-state index in [0.29, 0.717) is 11.1 Å². The van der Waals surface area contributed by atoms with Crippen molar-refractivity contribution in [1.29, 1.82) is 0 Å². The SMILES string of the molecule is O=Cc1ccc(N(c2ccccc2)c2ccc3c(c2)Cc2cc(N(c4ccccc4)c4ccc(C=O)cc4)ccc2-3)cc1. The summed E-state index contributed by atoms with van der Waals surface area (Å²) in [6.07, 6.45) is 2.57. The monoisotopic (exact) mass is 556 g/mol. The van der Waals surface area contributed by atoms with E-state index in [1.807, 2.05) is 84.9 Å². The number of aldehydes is 2. The molecule has 0 spiro atoms. The van der Waals surface area contributed by atoms with E-state index in [2.05, 4.69) is 70.5 Å². The lowest BCUT2D eigenvalue weighted by Gasteiger charge is -2.26. The van der Waals surface area contributed by atoms with Crippen molar-refractivity contribution in [3.8, 4) is 11.1 Å². The molecule has 0 bridgehead atoms. The number of carbonyl (C=O) groups excluding carboxylic acids is 2. The lowest BCUT2D eigenvalue weighted by Crippen LogP contribution is -2.10. The lowest BCUT2D eigenvalue weighted by molar-refractivity contribution is 0.111. The van der Waals surface area contributed by atoms with Crippen LogP contribution in [0.5, 0.6) is 0 Å². The number of hydrogen-bond donors (Lipinski definition) is 0. The molecule has 4 heteroatoms. The smallest absolute Gasteiger partial charge is 0.150 e. The van der Waals surface area contributed by atoms with Crippen LogP contribution in [0.15, 0.2) is 146 Å². The van der Waals surface area contributed by atoms with Crippen LogP contribution in [0, 0.1) is 0 Å². The predicted octanol–water partition coefficient (Wildman–Crippen LogP) is 9.82. The quantitative estimate of drug-likeness (QED) is 0.175. The zero-order chi connectivity index (χ0) is 29.2. The summed E-state index contributed by atoms with van der Waals surface area (Å²) in [5.74, 6) is 0. The van der Waals surface area contributed by atoms with E-state index in [4.69, 9.17) is 0 Å². The summed E-state index contributed by atoms with van der Waals surface area (Å²) in [6, 6.07) is 49.3. The first-order valence-corrected chi connectivity index (χ1v) is 14.3. The van der Waals surface area contributed by atoms with Gasteiger partial charge in [0.05, 0.1) is 0 Å². The Hall–Kier alpha value is -5.74. The van der Waals surface area contributed by atoms with Crippen LogP contribution in [0.4, 0.5) is 34.1 Å². The minimum absolute atomic E-state index is 0.654. The predicted molar refractivity (Wildman–Crippen MR) is 175 cm³/mol. The van der Waals surface area contributed by atoms with Crippen LogP contribution in [-0.2, 0) is 6.42 Å². The van der Waals surface area contributed by atoms with Crippen LogP contribution in [-0.4, -0.2) is 12.6 Å². The largest absolute Gasteiger partial charge is 0.310 e. The highest BCUT2D eigenvalue weighted by atomic mass is 16.1. The minimum Gasteiger partial charge on any atom is -0.310 e. The van der Waals surface area contributed by atoms with Crippen molar-refractivity contribution in [2.45, 2.75) is 6.42 Å². The van der Waals surface area contributed by atoms with Crippen molar-refractivity contribution in [3.63, 3.8) is 0 Å². The minimum atomic E-state index is 0.654. The first-order chi connectivity index (χ1) is 21.2. The molecule has 0 N–H and O–H groups in total. The summed E-state index contributed by atoms with van der Waals surface area (Å²) >= 11 is 0. The van der Waals surface area contributed by atoms with Gasteiger partial charge < -0.3 is 9.80 Å². The van der Waals surface area contributed by atoms with E-state index >= 15 is 0 Å². The van der Waals surface area contributed by atoms with Crippen molar-refractivity contribution in [2.75, 3.05) is 9.80 Å². The van der Waals surface area contributed by atoms with Crippen LogP contribution in [0.3, 0.4) is 0 Å². The molecular formula is C39H28N2O2. The summed E-state index contributed by atoms with van der Waals surface area (Å²) in [4.78, 5) is 27.0. The summed E-state index contributed by atoms with van der Waals surface area (Å²) in [6.45, 7) is 0. The third-order valence-corrected chi connectivity index (χ3v) is 7.97. The Bertz CT molecular complexity index is 1770. The van der Waals surface area contributed by atoms with Gasteiger partial charge in [-0.05, 0) is 126 Å². The van der Waals surface area contributed by atoms with E-state index < -0.39 is 0 Å². The summed E-state index contributed by atoms with van der Waals surface area (Å²) in [7, 11) is 0. The molecule has 4 nitrogen and oxygen atoms in total. The van der Waals surface area contributed by atoms with Gasteiger partial charge in [0.25, 0.3) is 0 Å². The fourth-order valence-corrected chi connectivity index (χ4v) is 5.91. The maximum absolute atomic E-state index is 11.3. The molecule has 0 aromatic heterocycles. The van der Waals surface area contributed by atoms with Gasteiger partial charge in [0.1, 0.15) is 12.6 Å². The molecule has 206 valence electrons. The second-order valence-electron chi connectivity index (χ2n) is 10.6. The van der Waals surface area contributed by atoms with Gasteiger partial charge in [-0.2, -0.15) is 0 Å². The van der Waals surface area contributed by atoms with Crippen LogP contribution >= 0.6 is 0 Å². The molecule has 0 radical (unpaired) electrons. The molecule has 7 rings (SSSR count). The third-order valence-electron chi connectivity index (χ3n) is 7.97. The number of anilines is 6. The van der Waals surface area contributed by atoms with Crippen LogP contribution in [0.2, 0.25) is 0 Å². The second kappa shape index (κ2) is 11.3. The highest BCUT2D eigenvalue weighted by Crippen LogP contribution is 2.44. The molecule has 0 unspecified atom stereocenters. The first kappa shape index (κ1) is 26.2. The van der Waals surface area contributed by atoms with Crippen molar-refractivity contribution in [1.82, 2.24) is 0 Å². The van der Waals surface area contributed by atoms with Gasteiger partial charge in [-0.3, -0.25) is 9.59 Å². The van der Waals surface area contributed by atoms with Crippen LogP contribution < -0.4 is 9.80 Å². The second-order valence-corrected chi connectivity index (χ2v) is 10.6. The molecule has 0 saturated heterocycles. The van der Waals surface area contributed by atoms with E-state index in [1.54, 1.807) is 0 Å². The summed E-state index contributed by atoms with van der Waals surface area (Å²) in [5, 5.41) is 0. The topological polar surface area (TPSA) is 40.6 Å². The Morgan fingerprint density at radius 1 is 0.395 bits per heavy atom. The molecule has 0 heterocycles. The van der Waals surface area contributed by atoms with Gasteiger partial charge in [-0.1, -0.05) is 48.5 Å². The number of benzene rings is 6. The van der Waals surface area contributed by atoms with Gasteiger partial charge >= 0.3 is 0 Å². The van der Waals surface area contributed by atoms with Gasteiger partial charge in [0, 0.05) is 45.3 Å². The summed E-state index contributed by atoms with van der Waals surface area (Å²) < 4.78 is 0. The Balaban J connectivity index is 1.26. The standard InChI is InChI=1S/C39H28N2O2/c42-26-28-11-15-34(16-12-28)40(32-7-3-1-4-8-32)36-19-21-38-30(24-36)23-31-25-37(20-22-39(31)38)41(33-9-5-2-6-10-33)35-17-13-29(27-43)14-18-35/h1-22,24-27H,23H2. The average Bonchev–Trinajstić information content (AvgIpc) is 3.44. The first-order valence-electron chi connectivity index (χ1n) is 14.3. The zero-order valence-electron chi connectivity index (χ0n) is 23.4. The van der Waals surface area contributed by atoms with Gasteiger partial charge in [0.2, 0.25) is 0 Å². The molecule has 0 aliphatic heterocycles. The van der Waals surface area contributed by atoms with Gasteiger partial charge in [-0.15, -0.1) is 0 Å².